The molecule has 1 aromatic heterocycles. The quantitative estimate of drug-likeness (QED) is 0.450. The van der Waals surface area contributed by atoms with Gasteiger partial charge in [-0.1, -0.05) is 6.07 Å². The van der Waals surface area contributed by atoms with E-state index in [1.807, 2.05) is 0 Å². The maximum absolute atomic E-state index is 13.9. The number of aromatic nitrogens is 1. The molecule has 166 valence electrons. The van der Waals surface area contributed by atoms with E-state index in [0.29, 0.717) is 11.4 Å². The molecule has 1 N–H and O–H groups in total. The number of carbonyl (C=O) groups is 2. The third kappa shape index (κ3) is 4.64. The first-order valence-corrected chi connectivity index (χ1v) is 9.92. The number of rotatable bonds is 6. The van der Waals surface area contributed by atoms with Gasteiger partial charge in [-0.05, 0) is 54.6 Å². The molecule has 33 heavy (non-hydrogen) atoms. The van der Waals surface area contributed by atoms with Crippen molar-refractivity contribution in [3.63, 3.8) is 0 Å². The van der Waals surface area contributed by atoms with Crippen molar-refractivity contribution < 1.29 is 23.1 Å². The average Bonchev–Trinajstić information content (AvgIpc) is 2.81. The zero-order valence-corrected chi connectivity index (χ0v) is 17.5. The molecule has 0 aliphatic rings. The van der Waals surface area contributed by atoms with E-state index in [4.69, 9.17) is 4.74 Å². The number of pyridine rings is 1. The number of hydrogen-bond donors (Lipinski definition) is 1. The van der Waals surface area contributed by atoms with Crippen LogP contribution in [0.2, 0.25) is 0 Å². The number of ether oxygens (including phenoxy) is 1. The molecule has 8 heteroatoms. The highest BCUT2D eigenvalue weighted by atomic mass is 19.1. The van der Waals surface area contributed by atoms with E-state index in [2.05, 4.69) is 5.32 Å². The minimum atomic E-state index is -0.678. The van der Waals surface area contributed by atoms with Crippen LogP contribution in [0, 0.1) is 11.6 Å². The van der Waals surface area contributed by atoms with Gasteiger partial charge in [0.25, 0.3) is 0 Å². The second kappa shape index (κ2) is 9.04. The summed E-state index contributed by atoms with van der Waals surface area (Å²) in [5, 5.41) is 2.68. The second-order valence-electron chi connectivity index (χ2n) is 7.28. The fraction of sp³-hybridized carbons (Fsp3) is 0.0800. The number of ketones is 1. The van der Waals surface area contributed by atoms with E-state index in [1.54, 1.807) is 24.3 Å². The number of benzene rings is 3. The molecule has 6 nitrogen and oxygen atoms in total. The van der Waals surface area contributed by atoms with Crippen LogP contribution in [0.1, 0.15) is 15.9 Å². The Morgan fingerprint density at radius 1 is 0.970 bits per heavy atom. The topological polar surface area (TPSA) is 77.4 Å². The van der Waals surface area contributed by atoms with Crippen molar-refractivity contribution in [1.29, 1.82) is 0 Å². The summed E-state index contributed by atoms with van der Waals surface area (Å²) in [5.41, 5.74) is -0.0509. The largest absolute Gasteiger partial charge is 0.497 e. The highest BCUT2D eigenvalue weighted by Gasteiger charge is 2.19. The van der Waals surface area contributed by atoms with Crippen molar-refractivity contribution in [3.8, 4) is 5.75 Å². The lowest BCUT2D eigenvalue weighted by atomic mass is 10.0. The molecular formula is C25H18F2N2O4. The third-order valence-electron chi connectivity index (χ3n) is 5.06. The fourth-order valence-electron chi connectivity index (χ4n) is 3.48. The van der Waals surface area contributed by atoms with Gasteiger partial charge < -0.3 is 14.6 Å². The van der Waals surface area contributed by atoms with E-state index in [0.717, 1.165) is 18.2 Å². The van der Waals surface area contributed by atoms with Gasteiger partial charge in [0.1, 0.15) is 23.9 Å². The van der Waals surface area contributed by atoms with E-state index in [9.17, 15) is 23.2 Å². The highest BCUT2D eigenvalue weighted by Crippen LogP contribution is 2.19. The summed E-state index contributed by atoms with van der Waals surface area (Å²) in [7, 11) is 1.51. The first-order chi connectivity index (χ1) is 15.9. The van der Waals surface area contributed by atoms with Crippen molar-refractivity contribution in [2.45, 2.75) is 6.54 Å². The van der Waals surface area contributed by atoms with E-state index in [1.165, 1.54) is 42.1 Å². The molecular weight excluding hydrogens is 430 g/mol. The highest BCUT2D eigenvalue weighted by molar-refractivity contribution is 6.10. The molecule has 0 bridgehead atoms. The molecule has 0 saturated heterocycles. The lowest BCUT2D eigenvalue weighted by Crippen LogP contribution is -2.24. The Hall–Kier alpha value is -4.33. The molecule has 0 atom stereocenters. The molecule has 4 rings (SSSR count). The summed E-state index contributed by atoms with van der Waals surface area (Å²) in [4.78, 5) is 38.6. The Morgan fingerprint density at radius 2 is 1.70 bits per heavy atom. The van der Waals surface area contributed by atoms with Gasteiger partial charge >= 0.3 is 0 Å². The number of nitrogens with zero attached hydrogens (tertiary/aromatic N) is 1. The molecule has 0 aliphatic heterocycles. The van der Waals surface area contributed by atoms with Crippen molar-refractivity contribution in [2.24, 2.45) is 0 Å². The minimum Gasteiger partial charge on any atom is -0.497 e. The monoisotopic (exact) mass is 448 g/mol. The molecule has 0 radical (unpaired) electrons. The molecule has 0 fully saturated rings. The van der Waals surface area contributed by atoms with Crippen molar-refractivity contribution in [2.75, 3.05) is 12.4 Å². The van der Waals surface area contributed by atoms with Gasteiger partial charge in [-0.3, -0.25) is 14.4 Å². The zero-order chi connectivity index (χ0) is 23.5. The number of nitrogens with one attached hydrogen (secondary N) is 1. The smallest absolute Gasteiger partial charge is 0.244 e. The van der Waals surface area contributed by atoms with E-state index in [-0.39, 0.29) is 28.6 Å². The maximum Gasteiger partial charge on any atom is 0.244 e. The SMILES string of the molecule is COc1cccc(NC(=O)Cn2cc(C(=O)c3ccc(F)cc3)c(=O)c3cc(F)ccc32)c1. The summed E-state index contributed by atoms with van der Waals surface area (Å²) >= 11 is 0. The van der Waals surface area contributed by atoms with Gasteiger partial charge in [0.2, 0.25) is 11.3 Å². The van der Waals surface area contributed by atoms with Crippen LogP contribution in [0.15, 0.2) is 77.7 Å². The van der Waals surface area contributed by atoms with Crippen molar-refractivity contribution in [1.82, 2.24) is 4.57 Å². The molecule has 0 unspecified atom stereocenters. The van der Waals surface area contributed by atoms with Gasteiger partial charge in [-0.15, -0.1) is 0 Å². The van der Waals surface area contributed by atoms with Crippen LogP contribution in [0.25, 0.3) is 10.9 Å². The molecule has 0 spiro atoms. The normalized spacial score (nSPS) is 10.8. The standard InChI is InChI=1S/C25H18F2N2O4/c1-33-19-4-2-3-18(12-19)28-23(30)14-29-13-21(24(31)15-5-7-16(26)8-6-15)25(32)20-11-17(27)9-10-22(20)29/h2-13H,14H2,1H3,(H,28,30). The molecule has 4 aromatic rings. The first kappa shape index (κ1) is 21.9. The number of halogens is 2. The Balaban J connectivity index is 1.74. The fourth-order valence-corrected chi connectivity index (χ4v) is 3.48. The van der Waals surface area contributed by atoms with Gasteiger partial charge in [-0.2, -0.15) is 0 Å². The van der Waals surface area contributed by atoms with Gasteiger partial charge in [0.05, 0.1) is 18.2 Å². The minimum absolute atomic E-state index is 0.0443. The van der Waals surface area contributed by atoms with Crippen LogP contribution in [-0.4, -0.2) is 23.4 Å². The Bertz CT molecular complexity index is 1430. The number of carbonyl (C=O) groups excluding carboxylic acids is 2. The number of anilines is 1. The second-order valence-corrected chi connectivity index (χ2v) is 7.28. The summed E-state index contributed by atoms with van der Waals surface area (Å²) in [6.45, 7) is -0.247. The van der Waals surface area contributed by atoms with Gasteiger partial charge in [0.15, 0.2) is 5.78 Å². The Kier molecular flexibility index (Phi) is 5.99. The van der Waals surface area contributed by atoms with E-state index >= 15 is 0 Å². The number of hydrogen-bond acceptors (Lipinski definition) is 4. The van der Waals surface area contributed by atoms with Crippen molar-refractivity contribution in [3.05, 3.63) is 106 Å². The number of methoxy groups -OCH3 is 1. The summed E-state index contributed by atoms with van der Waals surface area (Å²) < 4.78 is 33.7. The average molecular weight is 448 g/mol. The first-order valence-electron chi connectivity index (χ1n) is 9.92. The summed E-state index contributed by atoms with van der Waals surface area (Å²) in [6.07, 6.45) is 1.26. The predicted molar refractivity (Wildman–Crippen MR) is 120 cm³/mol. The summed E-state index contributed by atoms with van der Waals surface area (Å²) in [5.74, 6) is -1.72. The van der Waals surface area contributed by atoms with Gasteiger partial charge in [-0.25, -0.2) is 8.78 Å². The van der Waals surface area contributed by atoms with Crippen LogP contribution in [0.4, 0.5) is 14.5 Å². The number of amides is 1. The van der Waals surface area contributed by atoms with Crippen LogP contribution >= 0.6 is 0 Å². The Morgan fingerprint density at radius 3 is 2.42 bits per heavy atom. The Labute approximate surface area is 187 Å². The van der Waals surface area contributed by atoms with Crippen LogP contribution in [0.5, 0.6) is 5.75 Å². The predicted octanol–water partition coefficient (Wildman–Crippen LogP) is 4.16. The summed E-state index contributed by atoms with van der Waals surface area (Å²) in [6, 6.07) is 15.1. The maximum atomic E-state index is 13.9. The lowest BCUT2D eigenvalue weighted by Gasteiger charge is -2.14. The van der Waals surface area contributed by atoms with Crippen LogP contribution in [0.3, 0.4) is 0 Å². The van der Waals surface area contributed by atoms with Crippen molar-refractivity contribution >= 4 is 28.3 Å². The molecule has 1 amide bonds. The van der Waals surface area contributed by atoms with Gasteiger partial charge in [0, 0.05) is 28.9 Å². The van der Waals surface area contributed by atoms with Crippen LogP contribution in [-0.2, 0) is 11.3 Å². The number of fused-ring (bicyclic) bond motifs is 1. The molecule has 0 aliphatic carbocycles. The van der Waals surface area contributed by atoms with E-state index < -0.39 is 28.8 Å². The zero-order valence-electron chi connectivity index (χ0n) is 17.5. The molecule has 3 aromatic carbocycles. The molecule has 0 saturated carbocycles. The molecule has 1 heterocycles. The van der Waals surface area contributed by atoms with Crippen LogP contribution < -0.4 is 15.5 Å². The lowest BCUT2D eigenvalue weighted by molar-refractivity contribution is -0.116. The third-order valence-corrected chi connectivity index (χ3v) is 5.06.